The fourth-order valence-corrected chi connectivity index (χ4v) is 1.39. The number of benzene rings is 1. The van der Waals surface area contributed by atoms with Crippen molar-refractivity contribution in [2.24, 2.45) is 5.73 Å². The first-order valence-corrected chi connectivity index (χ1v) is 5.41. The molecule has 3 nitrogen and oxygen atoms in total. The first-order valence-electron chi connectivity index (χ1n) is 4.33. The van der Waals surface area contributed by atoms with E-state index < -0.39 is 6.09 Å². The zero-order chi connectivity index (χ0) is 11.1. The molecule has 0 saturated heterocycles. The second-order valence-corrected chi connectivity index (χ2v) is 3.35. The Hall–Kier alpha value is -1.22. The van der Waals surface area contributed by atoms with Crippen molar-refractivity contribution in [1.82, 2.24) is 0 Å². The SMILES string of the molecule is NC(=O)OC(CC#CI)c1ccccc1. The molecule has 1 rings (SSSR count). The van der Waals surface area contributed by atoms with Crippen molar-refractivity contribution in [3.05, 3.63) is 35.9 Å². The molecule has 0 aromatic heterocycles. The number of halogens is 1. The number of carbonyl (C=O) groups excluding carboxylic acids is 1. The van der Waals surface area contributed by atoms with Crippen molar-refractivity contribution < 1.29 is 9.53 Å². The van der Waals surface area contributed by atoms with Gasteiger partial charge in [0.25, 0.3) is 0 Å². The highest BCUT2D eigenvalue weighted by Crippen LogP contribution is 2.20. The predicted molar refractivity (Wildman–Crippen MR) is 66.3 cm³/mol. The van der Waals surface area contributed by atoms with Crippen molar-refractivity contribution in [2.45, 2.75) is 12.5 Å². The Balaban J connectivity index is 2.79. The van der Waals surface area contributed by atoms with Crippen LogP contribution in [-0.2, 0) is 4.74 Å². The van der Waals surface area contributed by atoms with Gasteiger partial charge in [-0.2, -0.15) is 0 Å². The van der Waals surface area contributed by atoms with Gasteiger partial charge in [-0.3, -0.25) is 0 Å². The Kier molecular flexibility index (Phi) is 4.98. The second-order valence-electron chi connectivity index (χ2n) is 2.81. The van der Waals surface area contributed by atoms with Gasteiger partial charge in [0.05, 0.1) is 6.42 Å². The molecule has 0 aliphatic rings. The van der Waals surface area contributed by atoms with E-state index in [1.807, 2.05) is 52.9 Å². The number of rotatable bonds is 3. The molecule has 78 valence electrons. The molecule has 0 aliphatic heterocycles. The van der Waals surface area contributed by atoms with Crippen LogP contribution in [0.25, 0.3) is 0 Å². The van der Waals surface area contributed by atoms with Gasteiger partial charge in [0, 0.05) is 22.6 Å². The number of carbonyl (C=O) groups is 1. The quantitative estimate of drug-likeness (QED) is 0.688. The fraction of sp³-hybridized carbons (Fsp3) is 0.182. The molecule has 2 N–H and O–H groups in total. The second kappa shape index (κ2) is 6.30. The lowest BCUT2D eigenvalue weighted by atomic mass is 10.1. The summed E-state index contributed by atoms with van der Waals surface area (Å²) in [5, 5.41) is 0. The molecule has 0 bridgehead atoms. The van der Waals surface area contributed by atoms with Crippen molar-refractivity contribution >= 4 is 28.7 Å². The lowest BCUT2D eigenvalue weighted by Gasteiger charge is -2.13. The molecule has 1 amide bonds. The predicted octanol–water partition coefficient (Wildman–Crippen LogP) is 2.61. The van der Waals surface area contributed by atoms with Gasteiger partial charge in [0.15, 0.2) is 0 Å². The molecule has 15 heavy (non-hydrogen) atoms. The molecule has 4 heteroatoms. The van der Waals surface area contributed by atoms with Crippen LogP contribution >= 0.6 is 22.6 Å². The Morgan fingerprint density at radius 1 is 1.47 bits per heavy atom. The van der Waals surface area contributed by atoms with E-state index in [1.165, 1.54) is 0 Å². The average molecular weight is 315 g/mol. The Morgan fingerprint density at radius 3 is 2.67 bits per heavy atom. The number of amides is 1. The monoisotopic (exact) mass is 315 g/mol. The van der Waals surface area contributed by atoms with Crippen molar-refractivity contribution in [3.63, 3.8) is 0 Å². The third kappa shape index (κ3) is 4.21. The van der Waals surface area contributed by atoms with Crippen molar-refractivity contribution in [2.75, 3.05) is 0 Å². The van der Waals surface area contributed by atoms with Crippen LogP contribution in [0.1, 0.15) is 18.1 Å². The van der Waals surface area contributed by atoms with E-state index in [-0.39, 0.29) is 6.10 Å². The Bertz CT molecular complexity index is 381. The zero-order valence-electron chi connectivity index (χ0n) is 7.94. The van der Waals surface area contributed by atoms with E-state index >= 15 is 0 Å². The summed E-state index contributed by atoms with van der Waals surface area (Å²) in [6.07, 6.45) is -0.708. The van der Waals surface area contributed by atoms with Crippen LogP contribution in [0, 0.1) is 9.85 Å². The largest absolute Gasteiger partial charge is 0.440 e. The lowest BCUT2D eigenvalue weighted by molar-refractivity contribution is 0.109. The Labute approximate surface area is 102 Å². The number of primary amides is 1. The maximum atomic E-state index is 10.7. The van der Waals surface area contributed by atoms with Crippen LogP contribution in [0.5, 0.6) is 0 Å². The summed E-state index contributed by atoms with van der Waals surface area (Å²) in [5.41, 5.74) is 5.89. The number of hydrogen-bond acceptors (Lipinski definition) is 2. The molecular formula is C11H10INO2. The highest BCUT2D eigenvalue weighted by Gasteiger charge is 2.13. The Morgan fingerprint density at radius 2 is 2.13 bits per heavy atom. The number of ether oxygens (including phenoxy) is 1. The molecule has 1 atom stereocenters. The van der Waals surface area contributed by atoms with Crippen LogP contribution in [0.15, 0.2) is 30.3 Å². The summed E-state index contributed by atoms with van der Waals surface area (Å²) in [7, 11) is 0. The minimum absolute atomic E-state index is 0.383. The summed E-state index contributed by atoms with van der Waals surface area (Å²) < 4.78 is 7.70. The summed E-state index contributed by atoms with van der Waals surface area (Å²) in [6.45, 7) is 0. The third-order valence-corrected chi connectivity index (χ3v) is 2.17. The van der Waals surface area contributed by atoms with E-state index in [1.54, 1.807) is 0 Å². The van der Waals surface area contributed by atoms with Gasteiger partial charge in [0.1, 0.15) is 6.10 Å². The highest BCUT2D eigenvalue weighted by molar-refractivity contribution is 14.1. The van der Waals surface area contributed by atoms with Crippen molar-refractivity contribution in [1.29, 1.82) is 0 Å². The maximum absolute atomic E-state index is 10.7. The molecule has 0 saturated carbocycles. The van der Waals surface area contributed by atoms with Gasteiger partial charge in [0.2, 0.25) is 0 Å². The molecule has 0 spiro atoms. The molecular weight excluding hydrogens is 305 g/mol. The van der Waals surface area contributed by atoms with E-state index in [0.717, 1.165) is 5.56 Å². The highest BCUT2D eigenvalue weighted by atomic mass is 127. The van der Waals surface area contributed by atoms with E-state index in [9.17, 15) is 4.79 Å². The topological polar surface area (TPSA) is 52.3 Å². The maximum Gasteiger partial charge on any atom is 0.405 e. The lowest BCUT2D eigenvalue weighted by Crippen LogP contribution is -2.17. The number of hydrogen-bond donors (Lipinski definition) is 1. The van der Waals surface area contributed by atoms with Crippen LogP contribution < -0.4 is 5.73 Å². The van der Waals surface area contributed by atoms with Gasteiger partial charge >= 0.3 is 6.09 Å². The van der Waals surface area contributed by atoms with Crippen LogP contribution in [0.3, 0.4) is 0 Å². The first-order chi connectivity index (χ1) is 7.24. The smallest absolute Gasteiger partial charge is 0.405 e. The normalized spacial score (nSPS) is 11.0. The molecule has 0 aliphatic carbocycles. The summed E-state index contributed by atoms with van der Waals surface area (Å²) in [6, 6.07) is 9.41. The molecule has 1 unspecified atom stereocenters. The zero-order valence-corrected chi connectivity index (χ0v) is 10.1. The van der Waals surface area contributed by atoms with E-state index in [0.29, 0.717) is 6.42 Å². The molecule has 0 fully saturated rings. The number of nitrogens with two attached hydrogens (primary N) is 1. The third-order valence-electron chi connectivity index (χ3n) is 1.78. The minimum Gasteiger partial charge on any atom is -0.440 e. The summed E-state index contributed by atoms with van der Waals surface area (Å²) in [5.74, 6) is 2.86. The minimum atomic E-state index is -0.779. The fourth-order valence-electron chi connectivity index (χ4n) is 1.17. The van der Waals surface area contributed by atoms with Crippen LogP contribution in [0.4, 0.5) is 4.79 Å². The van der Waals surface area contributed by atoms with Gasteiger partial charge in [-0.05, 0) is 9.49 Å². The van der Waals surface area contributed by atoms with Gasteiger partial charge < -0.3 is 10.5 Å². The summed E-state index contributed by atoms with van der Waals surface area (Å²) in [4.78, 5) is 10.7. The van der Waals surface area contributed by atoms with Gasteiger partial charge in [-0.15, -0.1) is 0 Å². The molecule has 1 aromatic rings. The van der Waals surface area contributed by atoms with Crippen LogP contribution in [0.2, 0.25) is 0 Å². The van der Waals surface area contributed by atoms with Gasteiger partial charge in [-0.25, -0.2) is 4.79 Å². The van der Waals surface area contributed by atoms with Crippen molar-refractivity contribution in [3.8, 4) is 9.85 Å². The first kappa shape index (κ1) is 11.9. The molecule has 0 heterocycles. The molecule has 0 radical (unpaired) electrons. The average Bonchev–Trinajstić information content (AvgIpc) is 2.25. The summed E-state index contributed by atoms with van der Waals surface area (Å²) >= 11 is 1.94. The standard InChI is InChI=1S/C11H10INO2/c12-8-4-7-10(15-11(13)14)9-5-2-1-3-6-9/h1-3,5-6,10H,7H2,(H2,13,14). The van der Waals surface area contributed by atoms with Gasteiger partial charge in [-0.1, -0.05) is 36.3 Å². The van der Waals surface area contributed by atoms with E-state index in [2.05, 4.69) is 9.85 Å². The van der Waals surface area contributed by atoms with E-state index in [4.69, 9.17) is 10.5 Å². The van der Waals surface area contributed by atoms with Crippen LogP contribution in [-0.4, -0.2) is 6.09 Å². The molecule has 1 aromatic carbocycles.